The summed E-state index contributed by atoms with van der Waals surface area (Å²) in [5, 5.41) is 0. The largest absolute Gasteiger partial charge is 2.00 e. The molecule has 2 aliphatic carbocycles. The fourth-order valence-corrected chi connectivity index (χ4v) is 3.53. The normalized spacial score (nSPS) is 18.5. The van der Waals surface area contributed by atoms with Crippen molar-refractivity contribution in [3.63, 3.8) is 0 Å². The van der Waals surface area contributed by atoms with Crippen LogP contribution in [0.15, 0.2) is 42.5 Å². The van der Waals surface area contributed by atoms with Crippen molar-refractivity contribution < 1.29 is 51.0 Å². The molecule has 0 heterocycles. The van der Waals surface area contributed by atoms with Crippen LogP contribution in [0.1, 0.15) is 42.0 Å². The molecule has 116 valence electrons. The Morgan fingerprint density at radius 3 is 2.00 bits per heavy atom. The summed E-state index contributed by atoms with van der Waals surface area (Å²) in [4.78, 5) is 0. The quantitative estimate of drug-likeness (QED) is 0.596. The van der Waals surface area contributed by atoms with Crippen LogP contribution in [0.25, 0.3) is 6.08 Å². The van der Waals surface area contributed by atoms with E-state index in [0.29, 0.717) is 11.8 Å². The summed E-state index contributed by atoms with van der Waals surface area (Å²) in [6.07, 6.45) is 13.7. The van der Waals surface area contributed by atoms with Crippen molar-refractivity contribution in [1.29, 1.82) is 0 Å². The SMILES string of the molecule is Cc1ccc(C)c2c1C=CC2C(C)(C)C1C=CC=C1.[Cl-].[Cl-].[Zr+2]. The smallest absolute Gasteiger partial charge is 1.00 e. The zero-order valence-electron chi connectivity index (χ0n) is 13.5. The minimum Gasteiger partial charge on any atom is -1.00 e. The van der Waals surface area contributed by atoms with E-state index in [0.717, 1.165) is 0 Å². The van der Waals surface area contributed by atoms with Crippen molar-refractivity contribution in [2.45, 2.75) is 33.6 Å². The zero-order chi connectivity index (χ0) is 13.6. The summed E-state index contributed by atoms with van der Waals surface area (Å²) in [6.45, 7) is 9.25. The number of rotatable bonds is 2. The maximum absolute atomic E-state index is 2.41. The summed E-state index contributed by atoms with van der Waals surface area (Å²) in [5.41, 5.74) is 6.04. The van der Waals surface area contributed by atoms with Crippen LogP contribution < -0.4 is 24.8 Å². The Hall–Kier alpha value is -0.0969. The topological polar surface area (TPSA) is 0 Å². The fourth-order valence-electron chi connectivity index (χ4n) is 3.53. The van der Waals surface area contributed by atoms with Crippen molar-refractivity contribution in [2.24, 2.45) is 11.3 Å². The van der Waals surface area contributed by atoms with E-state index in [-0.39, 0.29) is 56.4 Å². The third-order valence-corrected chi connectivity index (χ3v) is 4.90. The van der Waals surface area contributed by atoms with Gasteiger partial charge in [-0.3, -0.25) is 0 Å². The molecule has 1 aromatic rings. The summed E-state index contributed by atoms with van der Waals surface area (Å²) < 4.78 is 0. The van der Waals surface area contributed by atoms with Gasteiger partial charge < -0.3 is 24.8 Å². The first-order valence-corrected chi connectivity index (χ1v) is 7.15. The Morgan fingerprint density at radius 2 is 1.41 bits per heavy atom. The maximum atomic E-state index is 2.41. The minimum absolute atomic E-state index is 0. The van der Waals surface area contributed by atoms with E-state index in [9.17, 15) is 0 Å². The van der Waals surface area contributed by atoms with E-state index < -0.39 is 0 Å². The summed E-state index contributed by atoms with van der Waals surface area (Å²) >= 11 is 0. The van der Waals surface area contributed by atoms with E-state index in [1.54, 1.807) is 5.56 Å². The fraction of sp³-hybridized carbons (Fsp3) is 0.368. The molecule has 0 nitrogen and oxygen atoms in total. The molecule has 1 atom stereocenters. The molecule has 3 rings (SSSR count). The average Bonchev–Trinajstić information content (AvgIpc) is 3.02. The molecule has 0 radical (unpaired) electrons. The molecule has 1 aromatic carbocycles. The van der Waals surface area contributed by atoms with Crippen molar-refractivity contribution in [3.05, 3.63) is 64.8 Å². The molecular weight excluding hydrogens is 390 g/mol. The molecule has 0 aromatic heterocycles. The van der Waals surface area contributed by atoms with E-state index in [4.69, 9.17) is 0 Å². The van der Waals surface area contributed by atoms with Gasteiger partial charge in [-0.15, -0.1) is 0 Å². The third kappa shape index (κ3) is 3.53. The number of aryl methyl sites for hydroxylation is 2. The molecule has 0 saturated heterocycles. The summed E-state index contributed by atoms with van der Waals surface area (Å²) in [5.74, 6) is 1.05. The second-order valence-corrected chi connectivity index (χ2v) is 6.48. The van der Waals surface area contributed by atoms with Gasteiger partial charge in [-0.1, -0.05) is 62.4 Å². The zero-order valence-corrected chi connectivity index (χ0v) is 17.5. The molecule has 1 unspecified atom stereocenters. The van der Waals surface area contributed by atoms with Crippen LogP contribution in [0.5, 0.6) is 0 Å². The van der Waals surface area contributed by atoms with Crippen molar-refractivity contribution in [1.82, 2.24) is 0 Å². The van der Waals surface area contributed by atoms with Gasteiger partial charge in [0, 0.05) is 11.8 Å². The maximum Gasteiger partial charge on any atom is 2.00 e. The van der Waals surface area contributed by atoms with Gasteiger partial charge in [-0.05, 0) is 41.5 Å². The van der Waals surface area contributed by atoms with E-state index >= 15 is 0 Å². The van der Waals surface area contributed by atoms with Gasteiger partial charge in [0.05, 0.1) is 0 Å². The van der Waals surface area contributed by atoms with Crippen LogP contribution in [0.4, 0.5) is 0 Å². The second kappa shape index (κ2) is 8.14. The van der Waals surface area contributed by atoms with Gasteiger partial charge in [-0.25, -0.2) is 0 Å². The predicted molar refractivity (Wildman–Crippen MR) is 83.2 cm³/mol. The van der Waals surface area contributed by atoms with Gasteiger partial charge in [0.2, 0.25) is 0 Å². The summed E-state index contributed by atoms with van der Waals surface area (Å²) in [6, 6.07) is 4.51. The molecule has 0 bridgehead atoms. The molecule has 0 amide bonds. The first kappa shape index (κ1) is 21.9. The molecule has 0 saturated carbocycles. The van der Waals surface area contributed by atoms with Crippen molar-refractivity contribution in [2.75, 3.05) is 0 Å². The second-order valence-electron chi connectivity index (χ2n) is 6.48. The standard InChI is InChI=1S/C19H22.2ClH.Zr/c1-13-9-10-14(2)18-16(13)11-12-17(18)19(3,4)15-7-5-6-8-15;;;/h5-12,15,17H,1-4H3;2*1H;/q;;;+2/p-2. The Kier molecular flexibility index (Phi) is 8.10. The number of halogens is 2. The van der Waals surface area contributed by atoms with Gasteiger partial charge in [0.15, 0.2) is 0 Å². The Morgan fingerprint density at radius 1 is 0.864 bits per heavy atom. The van der Waals surface area contributed by atoms with Crippen molar-refractivity contribution >= 4 is 6.08 Å². The monoisotopic (exact) mass is 410 g/mol. The predicted octanol–water partition coefficient (Wildman–Crippen LogP) is -0.812. The van der Waals surface area contributed by atoms with Gasteiger partial charge >= 0.3 is 26.2 Å². The molecule has 0 fully saturated rings. The number of allylic oxidation sites excluding steroid dienone is 5. The van der Waals surface area contributed by atoms with Crippen LogP contribution in [0.2, 0.25) is 0 Å². The van der Waals surface area contributed by atoms with Crippen LogP contribution in [0.3, 0.4) is 0 Å². The van der Waals surface area contributed by atoms with Gasteiger partial charge in [0.1, 0.15) is 0 Å². The first-order chi connectivity index (χ1) is 9.01. The van der Waals surface area contributed by atoms with Gasteiger partial charge in [0.25, 0.3) is 0 Å². The molecule has 22 heavy (non-hydrogen) atoms. The number of hydrogen-bond acceptors (Lipinski definition) is 0. The Labute approximate surface area is 166 Å². The molecule has 0 aliphatic heterocycles. The molecule has 2 aliphatic rings. The van der Waals surface area contributed by atoms with E-state index in [2.05, 4.69) is 76.3 Å². The number of benzene rings is 1. The summed E-state index contributed by atoms with van der Waals surface area (Å²) in [7, 11) is 0. The molecule has 0 N–H and O–H groups in total. The molecule has 3 heteroatoms. The molecule has 0 spiro atoms. The van der Waals surface area contributed by atoms with E-state index in [1.807, 2.05) is 0 Å². The number of hydrogen-bond donors (Lipinski definition) is 0. The first-order valence-electron chi connectivity index (χ1n) is 7.15. The Balaban J connectivity index is 0.00000147. The van der Waals surface area contributed by atoms with Gasteiger partial charge in [-0.2, -0.15) is 0 Å². The minimum atomic E-state index is 0. The van der Waals surface area contributed by atoms with Crippen LogP contribution in [-0.4, -0.2) is 0 Å². The van der Waals surface area contributed by atoms with Crippen LogP contribution >= 0.6 is 0 Å². The van der Waals surface area contributed by atoms with Crippen molar-refractivity contribution in [3.8, 4) is 0 Å². The molecular formula is C19H22Cl2Zr. The van der Waals surface area contributed by atoms with E-state index in [1.165, 1.54) is 16.7 Å². The Bertz CT molecular complexity index is 600. The van der Waals surface area contributed by atoms with Crippen LogP contribution in [-0.2, 0) is 26.2 Å². The number of fused-ring (bicyclic) bond motifs is 1. The average molecular weight is 413 g/mol. The van der Waals surface area contributed by atoms with Crippen LogP contribution in [0, 0.1) is 25.2 Å². The third-order valence-electron chi connectivity index (χ3n) is 4.90.